The van der Waals surface area contributed by atoms with E-state index in [0.717, 1.165) is 11.1 Å². The van der Waals surface area contributed by atoms with Crippen LogP contribution in [-0.4, -0.2) is 30.6 Å². The van der Waals surface area contributed by atoms with Gasteiger partial charge in [-0.1, -0.05) is 30.3 Å². The van der Waals surface area contributed by atoms with Crippen LogP contribution in [0.25, 0.3) is 0 Å². The van der Waals surface area contributed by atoms with Crippen LogP contribution in [0, 0.1) is 0 Å². The van der Waals surface area contributed by atoms with Crippen molar-refractivity contribution in [2.75, 3.05) is 19.2 Å². The average molecular weight is 430 g/mol. The lowest BCUT2D eigenvalue weighted by Crippen LogP contribution is -2.32. The number of hydrogen-bond donors (Lipinski definition) is 1. The number of ether oxygens (including phenoxy) is 3. The summed E-state index contributed by atoms with van der Waals surface area (Å²) in [7, 11) is 1.60. The van der Waals surface area contributed by atoms with Gasteiger partial charge < -0.3 is 24.4 Å². The quantitative estimate of drug-likeness (QED) is 0.636. The number of rotatable bonds is 6. The van der Waals surface area contributed by atoms with Crippen molar-refractivity contribution in [3.05, 3.63) is 83.4 Å². The van der Waals surface area contributed by atoms with Crippen molar-refractivity contribution in [3.8, 4) is 17.2 Å². The smallest absolute Gasteiger partial charge is 0.255 e. The van der Waals surface area contributed by atoms with Crippen LogP contribution < -0.4 is 19.5 Å². The van der Waals surface area contributed by atoms with Crippen molar-refractivity contribution >= 4 is 17.5 Å². The van der Waals surface area contributed by atoms with Crippen LogP contribution in [0.15, 0.2) is 66.7 Å². The van der Waals surface area contributed by atoms with Crippen molar-refractivity contribution in [2.45, 2.75) is 19.0 Å². The Morgan fingerprint density at radius 2 is 1.84 bits per heavy atom. The molecule has 2 aliphatic heterocycles. The van der Waals surface area contributed by atoms with E-state index in [1.54, 1.807) is 30.2 Å². The predicted molar refractivity (Wildman–Crippen MR) is 118 cm³/mol. The Balaban J connectivity index is 1.39. The lowest BCUT2D eigenvalue weighted by atomic mass is 10.0. The number of methoxy groups -OCH3 is 1. The number of anilines is 1. The van der Waals surface area contributed by atoms with Gasteiger partial charge in [-0.15, -0.1) is 0 Å². The molecule has 1 N–H and O–H groups in total. The first kappa shape index (κ1) is 19.9. The summed E-state index contributed by atoms with van der Waals surface area (Å²) in [5.41, 5.74) is 3.13. The molecule has 5 rings (SSSR count). The van der Waals surface area contributed by atoms with E-state index < -0.39 is 6.04 Å². The van der Waals surface area contributed by atoms with E-state index in [0.29, 0.717) is 35.0 Å². The number of carbonyl (C=O) groups is 2. The van der Waals surface area contributed by atoms with E-state index >= 15 is 0 Å². The first-order valence-electron chi connectivity index (χ1n) is 10.3. The van der Waals surface area contributed by atoms with Crippen LogP contribution in [0.2, 0.25) is 0 Å². The van der Waals surface area contributed by atoms with Crippen LogP contribution in [0.4, 0.5) is 5.69 Å². The van der Waals surface area contributed by atoms with Gasteiger partial charge in [-0.2, -0.15) is 0 Å². The lowest BCUT2D eigenvalue weighted by molar-refractivity contribution is -0.117. The fraction of sp³-hybridized carbons (Fsp3) is 0.200. The molecule has 0 saturated carbocycles. The first-order valence-corrected chi connectivity index (χ1v) is 10.3. The van der Waals surface area contributed by atoms with Crippen molar-refractivity contribution in [1.29, 1.82) is 0 Å². The summed E-state index contributed by atoms with van der Waals surface area (Å²) in [5, 5.41) is 2.92. The molecule has 0 aromatic heterocycles. The standard InChI is InChI=1S/C25H22N2O5/c1-30-19-9-6-16(7-10-19)21(27-14-17-4-2-3-5-20(17)25(27)29)13-24(28)26-18-8-11-22-23(12-18)32-15-31-22/h2-12,21H,13-15H2,1H3,(H,26,28)/t21-/m0/s1. The zero-order valence-electron chi connectivity index (χ0n) is 17.5. The Kier molecular flexibility index (Phi) is 5.15. The number of nitrogens with zero attached hydrogens (tertiary/aromatic N) is 1. The van der Waals surface area contributed by atoms with Gasteiger partial charge in [0, 0.05) is 23.9 Å². The summed E-state index contributed by atoms with van der Waals surface area (Å²) >= 11 is 0. The topological polar surface area (TPSA) is 77.1 Å². The molecule has 0 fully saturated rings. The molecule has 2 aliphatic rings. The maximum Gasteiger partial charge on any atom is 0.255 e. The number of amides is 2. The molecule has 7 nitrogen and oxygen atoms in total. The second-order valence-electron chi connectivity index (χ2n) is 7.70. The zero-order valence-corrected chi connectivity index (χ0v) is 17.5. The van der Waals surface area contributed by atoms with Crippen LogP contribution in [0.3, 0.4) is 0 Å². The highest BCUT2D eigenvalue weighted by molar-refractivity contribution is 5.99. The van der Waals surface area contributed by atoms with E-state index in [1.807, 2.05) is 48.5 Å². The minimum atomic E-state index is -0.421. The molecule has 0 radical (unpaired) electrons. The third kappa shape index (κ3) is 3.73. The van der Waals surface area contributed by atoms with Crippen LogP contribution in [-0.2, 0) is 11.3 Å². The number of carbonyl (C=O) groups excluding carboxylic acids is 2. The predicted octanol–water partition coefficient (Wildman–Crippen LogP) is 4.15. The summed E-state index contributed by atoms with van der Waals surface area (Å²) in [6, 6.07) is 19.9. The molecule has 7 heteroatoms. The molecule has 0 bridgehead atoms. The Morgan fingerprint density at radius 3 is 2.62 bits per heavy atom. The minimum Gasteiger partial charge on any atom is -0.497 e. The van der Waals surface area contributed by atoms with Crippen molar-refractivity contribution in [1.82, 2.24) is 4.90 Å². The molecule has 32 heavy (non-hydrogen) atoms. The van der Waals surface area contributed by atoms with Gasteiger partial charge in [-0.3, -0.25) is 9.59 Å². The molecular formula is C25H22N2O5. The van der Waals surface area contributed by atoms with E-state index in [4.69, 9.17) is 14.2 Å². The molecule has 3 aromatic rings. The van der Waals surface area contributed by atoms with E-state index in [1.165, 1.54) is 0 Å². The third-order valence-electron chi connectivity index (χ3n) is 5.76. The average Bonchev–Trinajstić information content (AvgIpc) is 3.42. The monoisotopic (exact) mass is 430 g/mol. The van der Waals surface area contributed by atoms with Crippen LogP contribution in [0.1, 0.15) is 33.9 Å². The van der Waals surface area contributed by atoms with Crippen LogP contribution >= 0.6 is 0 Å². The van der Waals surface area contributed by atoms with Gasteiger partial charge in [0.2, 0.25) is 12.7 Å². The highest BCUT2D eigenvalue weighted by atomic mass is 16.7. The largest absolute Gasteiger partial charge is 0.497 e. The summed E-state index contributed by atoms with van der Waals surface area (Å²) in [6.07, 6.45) is 0.112. The van der Waals surface area contributed by atoms with Crippen molar-refractivity contribution < 1.29 is 23.8 Å². The van der Waals surface area contributed by atoms with Crippen molar-refractivity contribution in [3.63, 3.8) is 0 Å². The summed E-state index contributed by atoms with van der Waals surface area (Å²) in [6.45, 7) is 0.632. The minimum absolute atomic E-state index is 0.0719. The summed E-state index contributed by atoms with van der Waals surface area (Å²) in [5.74, 6) is 1.69. The highest BCUT2D eigenvalue weighted by Gasteiger charge is 2.34. The maximum atomic E-state index is 13.1. The summed E-state index contributed by atoms with van der Waals surface area (Å²) < 4.78 is 16.0. The molecule has 0 unspecified atom stereocenters. The molecule has 2 heterocycles. The number of benzene rings is 3. The molecule has 3 aromatic carbocycles. The SMILES string of the molecule is COc1ccc([C@H](CC(=O)Nc2ccc3c(c2)OCO3)N2Cc3ccccc3C2=O)cc1. The van der Waals surface area contributed by atoms with Gasteiger partial charge in [0.1, 0.15) is 5.75 Å². The van der Waals surface area contributed by atoms with Crippen LogP contribution in [0.5, 0.6) is 17.2 Å². The first-order chi connectivity index (χ1) is 15.6. The molecule has 1 atom stereocenters. The Morgan fingerprint density at radius 1 is 1.06 bits per heavy atom. The number of hydrogen-bond acceptors (Lipinski definition) is 5. The fourth-order valence-corrected chi connectivity index (χ4v) is 4.12. The maximum absolute atomic E-state index is 13.1. The molecular weight excluding hydrogens is 408 g/mol. The molecule has 2 amide bonds. The fourth-order valence-electron chi connectivity index (χ4n) is 4.12. The number of nitrogens with one attached hydrogen (secondary N) is 1. The van der Waals surface area contributed by atoms with Gasteiger partial charge in [-0.05, 0) is 41.5 Å². The Hall–Kier alpha value is -4.00. The lowest BCUT2D eigenvalue weighted by Gasteiger charge is -2.28. The normalized spacial score (nSPS) is 14.8. The van der Waals surface area contributed by atoms with Gasteiger partial charge in [0.05, 0.1) is 19.6 Å². The third-order valence-corrected chi connectivity index (χ3v) is 5.76. The van der Waals surface area contributed by atoms with Crippen molar-refractivity contribution in [2.24, 2.45) is 0 Å². The van der Waals surface area contributed by atoms with Gasteiger partial charge >= 0.3 is 0 Å². The summed E-state index contributed by atoms with van der Waals surface area (Å²) in [4.78, 5) is 27.9. The molecule has 162 valence electrons. The second kappa shape index (κ2) is 8.26. The number of fused-ring (bicyclic) bond motifs is 2. The van der Waals surface area contributed by atoms with Gasteiger partial charge in [0.15, 0.2) is 11.5 Å². The Bertz CT molecular complexity index is 1180. The van der Waals surface area contributed by atoms with E-state index in [2.05, 4.69) is 5.32 Å². The molecule has 0 spiro atoms. The highest BCUT2D eigenvalue weighted by Crippen LogP contribution is 2.36. The van der Waals surface area contributed by atoms with E-state index in [-0.39, 0.29) is 25.0 Å². The Labute approximate surface area is 185 Å². The van der Waals surface area contributed by atoms with E-state index in [9.17, 15) is 9.59 Å². The molecule has 0 saturated heterocycles. The zero-order chi connectivity index (χ0) is 22.1. The second-order valence-corrected chi connectivity index (χ2v) is 7.70. The van der Waals surface area contributed by atoms with Gasteiger partial charge in [0.25, 0.3) is 5.91 Å². The molecule has 0 aliphatic carbocycles. The van der Waals surface area contributed by atoms with Gasteiger partial charge in [-0.25, -0.2) is 0 Å².